The van der Waals surface area contributed by atoms with Crippen LogP contribution in [0.3, 0.4) is 0 Å². The molecule has 1 aromatic heterocycles. The first-order chi connectivity index (χ1) is 10.1. The van der Waals surface area contributed by atoms with E-state index in [4.69, 9.17) is 4.42 Å². The maximum atomic E-state index is 12.2. The fraction of sp³-hybridized carbons (Fsp3) is 0.467. The highest BCUT2D eigenvalue weighted by Gasteiger charge is 2.21. The van der Waals surface area contributed by atoms with Crippen molar-refractivity contribution in [2.75, 3.05) is 37.4 Å². The maximum Gasteiger partial charge on any atom is 0.297 e. The Morgan fingerprint density at radius 2 is 2.09 bits per heavy atom. The lowest BCUT2D eigenvalue weighted by atomic mass is 9.97. The van der Waals surface area contributed by atoms with E-state index >= 15 is 0 Å². The average Bonchev–Trinajstić information content (AvgIpc) is 2.91. The van der Waals surface area contributed by atoms with Gasteiger partial charge in [-0.05, 0) is 44.1 Å². The number of benzene rings is 1. The number of amides is 1. The largest absolute Gasteiger partial charge is 0.423 e. The highest BCUT2D eigenvalue weighted by atomic mass is 35.5. The van der Waals surface area contributed by atoms with Gasteiger partial charge in [0.25, 0.3) is 6.01 Å². The molecule has 1 fully saturated rings. The van der Waals surface area contributed by atoms with Crippen molar-refractivity contribution in [3.63, 3.8) is 0 Å². The van der Waals surface area contributed by atoms with Gasteiger partial charge in [0.1, 0.15) is 5.52 Å². The Balaban J connectivity index is 0.00000176. The summed E-state index contributed by atoms with van der Waals surface area (Å²) in [6, 6.07) is 6.11. The van der Waals surface area contributed by atoms with E-state index in [-0.39, 0.29) is 24.2 Å². The molecule has 1 amide bonds. The summed E-state index contributed by atoms with van der Waals surface area (Å²) in [5, 5.41) is 6.24. The van der Waals surface area contributed by atoms with Gasteiger partial charge >= 0.3 is 0 Å². The molecular weight excluding hydrogens is 304 g/mol. The Bertz CT molecular complexity index is 650. The third kappa shape index (κ3) is 3.51. The second-order valence-electron chi connectivity index (χ2n) is 5.59. The van der Waals surface area contributed by atoms with Gasteiger partial charge in [-0.2, -0.15) is 4.98 Å². The number of halogens is 1. The van der Waals surface area contributed by atoms with Gasteiger partial charge in [-0.1, -0.05) is 0 Å². The van der Waals surface area contributed by atoms with Crippen LogP contribution in [0, 0.1) is 5.92 Å². The lowest BCUT2D eigenvalue weighted by Crippen LogP contribution is -2.34. The zero-order valence-electron chi connectivity index (χ0n) is 12.8. The Kier molecular flexibility index (Phi) is 5.26. The highest BCUT2D eigenvalue weighted by Crippen LogP contribution is 2.24. The predicted molar refractivity (Wildman–Crippen MR) is 89.8 cm³/mol. The van der Waals surface area contributed by atoms with Crippen LogP contribution in [0.15, 0.2) is 22.6 Å². The zero-order valence-corrected chi connectivity index (χ0v) is 13.6. The molecule has 1 aliphatic rings. The van der Waals surface area contributed by atoms with Crippen molar-refractivity contribution in [2.45, 2.75) is 12.8 Å². The number of hydrogen-bond acceptors (Lipinski definition) is 5. The Morgan fingerprint density at radius 1 is 1.36 bits per heavy atom. The van der Waals surface area contributed by atoms with Crippen molar-refractivity contribution in [3.8, 4) is 0 Å². The number of nitrogens with zero attached hydrogens (tertiary/aromatic N) is 2. The third-order valence-corrected chi connectivity index (χ3v) is 3.74. The molecule has 1 aromatic carbocycles. The van der Waals surface area contributed by atoms with E-state index in [1.54, 1.807) is 0 Å². The quantitative estimate of drug-likeness (QED) is 0.906. The van der Waals surface area contributed by atoms with Crippen LogP contribution >= 0.6 is 12.4 Å². The molecule has 1 aliphatic heterocycles. The van der Waals surface area contributed by atoms with Crippen LogP contribution in [-0.2, 0) is 4.79 Å². The average molecular weight is 325 g/mol. The standard InChI is InChI=1S/C15H20N4O2.ClH/c1-19(2)15-18-12-9-11(3-4-13(12)21-15)17-14(20)10-5-7-16-8-6-10;/h3-4,9-10,16H,5-8H2,1-2H3,(H,17,20);1H. The van der Waals surface area contributed by atoms with Gasteiger partial charge in [-0.3, -0.25) is 4.79 Å². The molecule has 3 rings (SSSR count). The van der Waals surface area contributed by atoms with Crippen molar-refractivity contribution in [2.24, 2.45) is 5.92 Å². The fourth-order valence-corrected chi connectivity index (χ4v) is 2.51. The topological polar surface area (TPSA) is 70.4 Å². The SMILES string of the molecule is CN(C)c1nc2cc(NC(=O)C3CCNCC3)ccc2o1.Cl. The highest BCUT2D eigenvalue weighted by molar-refractivity contribution is 5.94. The summed E-state index contributed by atoms with van der Waals surface area (Å²) >= 11 is 0. The molecule has 0 saturated carbocycles. The molecule has 2 aromatic rings. The lowest BCUT2D eigenvalue weighted by molar-refractivity contribution is -0.120. The minimum absolute atomic E-state index is 0. The number of fused-ring (bicyclic) bond motifs is 1. The minimum Gasteiger partial charge on any atom is -0.423 e. The third-order valence-electron chi connectivity index (χ3n) is 3.74. The summed E-state index contributed by atoms with van der Waals surface area (Å²) in [5.74, 6) is 0.184. The predicted octanol–water partition coefficient (Wildman–Crippen LogP) is 2.25. The second-order valence-corrected chi connectivity index (χ2v) is 5.59. The molecule has 120 valence electrons. The number of carbonyl (C=O) groups is 1. The first-order valence-electron chi connectivity index (χ1n) is 7.23. The van der Waals surface area contributed by atoms with Crippen molar-refractivity contribution in [1.29, 1.82) is 0 Å². The Morgan fingerprint density at radius 3 is 2.77 bits per heavy atom. The number of nitrogens with one attached hydrogen (secondary N) is 2. The number of oxazole rings is 1. The summed E-state index contributed by atoms with van der Waals surface area (Å²) in [5.41, 5.74) is 2.24. The van der Waals surface area contributed by atoms with E-state index in [1.807, 2.05) is 37.2 Å². The molecule has 0 radical (unpaired) electrons. The van der Waals surface area contributed by atoms with Gasteiger partial charge in [0.2, 0.25) is 5.91 Å². The number of rotatable bonds is 3. The summed E-state index contributed by atoms with van der Waals surface area (Å²) in [6.45, 7) is 1.82. The van der Waals surface area contributed by atoms with Crippen LogP contribution in [0.1, 0.15) is 12.8 Å². The second kappa shape index (κ2) is 6.98. The fourth-order valence-electron chi connectivity index (χ4n) is 2.51. The van der Waals surface area contributed by atoms with Crippen LogP contribution in [0.25, 0.3) is 11.1 Å². The molecular formula is C15H21ClN4O2. The van der Waals surface area contributed by atoms with Crippen LogP contribution in [0.5, 0.6) is 0 Å². The van der Waals surface area contributed by atoms with Gasteiger partial charge in [0, 0.05) is 25.7 Å². The number of aromatic nitrogens is 1. The summed E-state index contributed by atoms with van der Waals surface area (Å²) in [4.78, 5) is 18.4. The normalized spacial score (nSPS) is 15.4. The minimum atomic E-state index is 0. The molecule has 7 heteroatoms. The van der Waals surface area contributed by atoms with Crippen LogP contribution in [0.4, 0.5) is 11.7 Å². The zero-order chi connectivity index (χ0) is 14.8. The molecule has 2 heterocycles. The van der Waals surface area contributed by atoms with E-state index in [1.165, 1.54) is 0 Å². The molecule has 0 spiro atoms. The van der Waals surface area contributed by atoms with Crippen LogP contribution < -0.4 is 15.5 Å². The number of carbonyl (C=O) groups excluding carboxylic acids is 1. The van der Waals surface area contributed by atoms with Crippen molar-refractivity contribution < 1.29 is 9.21 Å². The van der Waals surface area contributed by atoms with E-state index in [0.29, 0.717) is 6.01 Å². The summed E-state index contributed by atoms with van der Waals surface area (Å²) < 4.78 is 5.60. The Hall–Kier alpha value is -1.79. The molecule has 2 N–H and O–H groups in total. The smallest absolute Gasteiger partial charge is 0.297 e. The van der Waals surface area contributed by atoms with Crippen molar-refractivity contribution >= 4 is 41.1 Å². The summed E-state index contributed by atoms with van der Waals surface area (Å²) in [6.07, 6.45) is 1.78. The molecule has 0 aliphatic carbocycles. The van der Waals surface area contributed by atoms with Crippen LogP contribution in [-0.4, -0.2) is 38.1 Å². The first kappa shape index (κ1) is 16.6. The lowest BCUT2D eigenvalue weighted by Gasteiger charge is -2.21. The van der Waals surface area contributed by atoms with E-state index in [9.17, 15) is 4.79 Å². The molecule has 0 bridgehead atoms. The van der Waals surface area contributed by atoms with Gasteiger partial charge in [-0.25, -0.2) is 0 Å². The number of anilines is 2. The number of hydrogen-bond donors (Lipinski definition) is 2. The van der Waals surface area contributed by atoms with Gasteiger partial charge in [0.05, 0.1) is 0 Å². The molecule has 6 nitrogen and oxygen atoms in total. The molecule has 0 atom stereocenters. The van der Waals surface area contributed by atoms with Crippen molar-refractivity contribution in [3.05, 3.63) is 18.2 Å². The van der Waals surface area contributed by atoms with Gasteiger partial charge < -0.3 is 20.0 Å². The number of piperidine rings is 1. The van der Waals surface area contributed by atoms with Gasteiger partial charge in [0.15, 0.2) is 5.58 Å². The van der Waals surface area contributed by atoms with E-state index < -0.39 is 0 Å². The summed E-state index contributed by atoms with van der Waals surface area (Å²) in [7, 11) is 3.76. The van der Waals surface area contributed by atoms with Crippen LogP contribution in [0.2, 0.25) is 0 Å². The maximum absolute atomic E-state index is 12.2. The Labute approximate surface area is 135 Å². The first-order valence-corrected chi connectivity index (χ1v) is 7.23. The van der Waals surface area contributed by atoms with E-state index in [0.717, 1.165) is 42.7 Å². The molecule has 22 heavy (non-hydrogen) atoms. The molecule has 0 unspecified atom stereocenters. The van der Waals surface area contributed by atoms with Crippen molar-refractivity contribution in [1.82, 2.24) is 10.3 Å². The monoisotopic (exact) mass is 324 g/mol. The van der Waals surface area contributed by atoms with E-state index in [2.05, 4.69) is 15.6 Å². The van der Waals surface area contributed by atoms with Gasteiger partial charge in [-0.15, -0.1) is 12.4 Å². The molecule has 1 saturated heterocycles.